The molecule has 0 saturated carbocycles. The number of hydrogen-bond donors (Lipinski definition) is 0. The van der Waals surface area contributed by atoms with E-state index < -0.39 is 0 Å². The van der Waals surface area contributed by atoms with E-state index >= 15 is 0 Å². The van der Waals surface area contributed by atoms with Crippen LogP contribution in [0, 0.1) is 5.92 Å². The SMILES string of the molecule is CSC[C@@H](C)C(=O)N(C)c1cc(-c2cccnc2)n(C)n1. The average Bonchev–Trinajstić information content (AvgIpc) is 2.89. The Bertz CT molecular complexity index is 611. The van der Waals surface area contributed by atoms with Gasteiger partial charge < -0.3 is 0 Å². The molecule has 112 valence electrons. The van der Waals surface area contributed by atoms with Crippen LogP contribution in [-0.2, 0) is 11.8 Å². The van der Waals surface area contributed by atoms with Crippen LogP contribution >= 0.6 is 11.8 Å². The first-order valence-electron chi connectivity index (χ1n) is 6.75. The van der Waals surface area contributed by atoms with Crippen molar-refractivity contribution in [2.75, 3.05) is 24.0 Å². The lowest BCUT2D eigenvalue weighted by Crippen LogP contribution is -2.33. The fourth-order valence-corrected chi connectivity index (χ4v) is 2.81. The first kappa shape index (κ1) is 15.6. The van der Waals surface area contributed by atoms with Gasteiger partial charge in [0.25, 0.3) is 0 Å². The van der Waals surface area contributed by atoms with E-state index in [4.69, 9.17) is 0 Å². The van der Waals surface area contributed by atoms with Crippen LogP contribution in [0.4, 0.5) is 5.82 Å². The van der Waals surface area contributed by atoms with E-state index in [-0.39, 0.29) is 11.8 Å². The van der Waals surface area contributed by atoms with Crippen LogP contribution in [0.15, 0.2) is 30.6 Å². The van der Waals surface area contributed by atoms with Crippen LogP contribution in [0.1, 0.15) is 6.92 Å². The van der Waals surface area contributed by atoms with Crippen molar-refractivity contribution in [1.29, 1.82) is 0 Å². The van der Waals surface area contributed by atoms with Gasteiger partial charge in [-0.05, 0) is 18.4 Å². The molecule has 0 radical (unpaired) electrons. The van der Waals surface area contributed by atoms with Crippen molar-refractivity contribution in [2.45, 2.75) is 6.92 Å². The van der Waals surface area contributed by atoms with Gasteiger partial charge in [0.15, 0.2) is 5.82 Å². The molecule has 0 N–H and O–H groups in total. The van der Waals surface area contributed by atoms with Crippen molar-refractivity contribution in [3.05, 3.63) is 30.6 Å². The summed E-state index contributed by atoms with van der Waals surface area (Å²) in [5, 5.41) is 4.44. The van der Waals surface area contributed by atoms with E-state index in [0.717, 1.165) is 17.0 Å². The van der Waals surface area contributed by atoms with Gasteiger partial charge in [-0.1, -0.05) is 6.92 Å². The van der Waals surface area contributed by atoms with Crippen molar-refractivity contribution in [3.8, 4) is 11.3 Å². The molecular weight excluding hydrogens is 284 g/mol. The van der Waals surface area contributed by atoms with Gasteiger partial charge in [-0.3, -0.25) is 19.4 Å². The van der Waals surface area contributed by atoms with E-state index in [9.17, 15) is 4.79 Å². The van der Waals surface area contributed by atoms with Gasteiger partial charge in [0.05, 0.1) is 5.69 Å². The van der Waals surface area contributed by atoms with Crippen LogP contribution in [0.5, 0.6) is 0 Å². The minimum atomic E-state index is -0.0196. The Morgan fingerprint density at radius 1 is 1.52 bits per heavy atom. The molecule has 6 heteroatoms. The highest BCUT2D eigenvalue weighted by Crippen LogP contribution is 2.23. The third-order valence-corrected chi connectivity index (χ3v) is 4.17. The Morgan fingerprint density at radius 2 is 2.29 bits per heavy atom. The number of thioether (sulfide) groups is 1. The average molecular weight is 304 g/mol. The normalized spacial score (nSPS) is 12.2. The number of anilines is 1. The number of rotatable bonds is 5. The van der Waals surface area contributed by atoms with Crippen molar-refractivity contribution in [3.63, 3.8) is 0 Å². The summed E-state index contributed by atoms with van der Waals surface area (Å²) in [4.78, 5) is 18.1. The molecule has 2 aromatic rings. The maximum Gasteiger partial charge on any atom is 0.231 e. The Balaban J connectivity index is 2.24. The van der Waals surface area contributed by atoms with Gasteiger partial charge in [0.1, 0.15) is 0 Å². The van der Waals surface area contributed by atoms with Gasteiger partial charge in [-0.25, -0.2) is 0 Å². The zero-order valence-corrected chi connectivity index (χ0v) is 13.6. The lowest BCUT2D eigenvalue weighted by atomic mass is 10.2. The summed E-state index contributed by atoms with van der Waals surface area (Å²) in [5.41, 5.74) is 1.92. The predicted octanol–water partition coefficient (Wildman–Crippen LogP) is 2.44. The van der Waals surface area contributed by atoms with E-state index in [2.05, 4.69) is 10.1 Å². The lowest BCUT2D eigenvalue weighted by molar-refractivity contribution is -0.121. The summed E-state index contributed by atoms with van der Waals surface area (Å²) >= 11 is 1.67. The number of carbonyl (C=O) groups excluding carboxylic acids is 1. The molecule has 0 aliphatic carbocycles. The minimum absolute atomic E-state index is 0.0196. The molecule has 0 aromatic carbocycles. The smallest absolute Gasteiger partial charge is 0.231 e. The number of carbonyl (C=O) groups is 1. The Hall–Kier alpha value is -1.82. The maximum absolute atomic E-state index is 12.3. The number of nitrogens with zero attached hydrogens (tertiary/aromatic N) is 4. The van der Waals surface area contributed by atoms with Gasteiger partial charge in [-0.2, -0.15) is 16.9 Å². The van der Waals surface area contributed by atoms with Gasteiger partial charge >= 0.3 is 0 Å². The molecular formula is C15H20N4OS. The van der Waals surface area contributed by atoms with Gasteiger partial charge in [0, 0.05) is 49.8 Å². The molecule has 2 heterocycles. The molecule has 1 atom stereocenters. The molecule has 0 aliphatic heterocycles. The molecule has 5 nitrogen and oxygen atoms in total. The Labute approximate surface area is 129 Å². The van der Waals surface area contributed by atoms with Crippen LogP contribution in [0.25, 0.3) is 11.3 Å². The molecule has 0 unspecified atom stereocenters. The highest BCUT2D eigenvalue weighted by atomic mass is 32.2. The van der Waals surface area contributed by atoms with Crippen molar-refractivity contribution >= 4 is 23.5 Å². The lowest BCUT2D eigenvalue weighted by Gasteiger charge is -2.18. The van der Waals surface area contributed by atoms with Crippen LogP contribution in [0.3, 0.4) is 0 Å². The predicted molar refractivity (Wildman–Crippen MR) is 87.4 cm³/mol. The first-order valence-corrected chi connectivity index (χ1v) is 8.15. The summed E-state index contributed by atoms with van der Waals surface area (Å²) in [6.45, 7) is 1.94. The van der Waals surface area contributed by atoms with Gasteiger partial charge in [0.2, 0.25) is 5.91 Å². The summed E-state index contributed by atoms with van der Waals surface area (Å²) in [6, 6.07) is 5.78. The van der Waals surface area contributed by atoms with Crippen LogP contribution < -0.4 is 4.90 Å². The zero-order valence-electron chi connectivity index (χ0n) is 12.8. The molecule has 0 aliphatic rings. The summed E-state index contributed by atoms with van der Waals surface area (Å²) in [6.07, 6.45) is 5.53. The second-order valence-electron chi connectivity index (χ2n) is 5.01. The van der Waals surface area contributed by atoms with Crippen LogP contribution in [-0.4, -0.2) is 39.7 Å². The van der Waals surface area contributed by atoms with E-state index in [1.54, 1.807) is 40.8 Å². The molecule has 2 rings (SSSR count). The Morgan fingerprint density at radius 3 is 2.90 bits per heavy atom. The van der Waals surface area contributed by atoms with Crippen molar-refractivity contribution in [1.82, 2.24) is 14.8 Å². The zero-order chi connectivity index (χ0) is 15.4. The Kier molecular flexibility index (Phi) is 5.01. The molecule has 0 saturated heterocycles. The van der Waals surface area contributed by atoms with Gasteiger partial charge in [-0.15, -0.1) is 0 Å². The number of aryl methyl sites for hydroxylation is 1. The first-order chi connectivity index (χ1) is 10.0. The maximum atomic E-state index is 12.3. The topological polar surface area (TPSA) is 51.0 Å². The highest BCUT2D eigenvalue weighted by molar-refractivity contribution is 7.98. The molecule has 0 spiro atoms. The monoisotopic (exact) mass is 304 g/mol. The van der Waals surface area contributed by atoms with Crippen LogP contribution in [0.2, 0.25) is 0 Å². The van der Waals surface area contributed by atoms with Crippen molar-refractivity contribution in [2.24, 2.45) is 13.0 Å². The minimum Gasteiger partial charge on any atom is -0.298 e. The molecule has 21 heavy (non-hydrogen) atoms. The number of hydrogen-bond acceptors (Lipinski definition) is 4. The molecule has 0 bridgehead atoms. The fraction of sp³-hybridized carbons (Fsp3) is 0.400. The standard InChI is InChI=1S/C15H20N4OS/c1-11(10-21-4)15(20)18(2)14-8-13(19(3)17-14)12-6-5-7-16-9-12/h5-9,11H,10H2,1-4H3/t11-/m1/s1. The second-order valence-corrected chi connectivity index (χ2v) is 5.92. The highest BCUT2D eigenvalue weighted by Gasteiger charge is 2.21. The fourth-order valence-electron chi connectivity index (χ4n) is 2.17. The molecule has 1 amide bonds. The van der Waals surface area contributed by atoms with Crippen molar-refractivity contribution < 1.29 is 4.79 Å². The third kappa shape index (κ3) is 3.44. The molecule has 0 fully saturated rings. The summed E-state index contributed by atoms with van der Waals surface area (Å²) < 4.78 is 1.77. The third-order valence-electron chi connectivity index (χ3n) is 3.34. The summed E-state index contributed by atoms with van der Waals surface area (Å²) in [5.74, 6) is 1.54. The van der Waals surface area contributed by atoms with E-state index in [1.165, 1.54) is 0 Å². The number of aromatic nitrogens is 3. The number of amides is 1. The second kappa shape index (κ2) is 6.76. The van der Waals surface area contributed by atoms with E-state index in [0.29, 0.717) is 5.82 Å². The summed E-state index contributed by atoms with van der Waals surface area (Å²) in [7, 11) is 3.64. The number of pyridine rings is 1. The van der Waals surface area contributed by atoms with E-state index in [1.807, 2.05) is 38.4 Å². The molecule has 2 aromatic heterocycles. The largest absolute Gasteiger partial charge is 0.298 e. The quantitative estimate of drug-likeness (QED) is 0.851.